The van der Waals surface area contributed by atoms with Crippen LogP contribution in [0.5, 0.6) is 0 Å². The summed E-state index contributed by atoms with van der Waals surface area (Å²) in [5.74, 6) is 0.257. The van der Waals surface area contributed by atoms with Gasteiger partial charge < -0.3 is 15.3 Å². The first kappa shape index (κ1) is 22.4. The Balaban J connectivity index is 1.54. The van der Waals surface area contributed by atoms with Crippen molar-refractivity contribution >= 4 is 17.3 Å². The van der Waals surface area contributed by atoms with Gasteiger partial charge >= 0.3 is 0 Å². The summed E-state index contributed by atoms with van der Waals surface area (Å²) in [6.07, 6.45) is 8.93. The van der Waals surface area contributed by atoms with Gasteiger partial charge in [-0.05, 0) is 50.9 Å². The van der Waals surface area contributed by atoms with E-state index < -0.39 is 5.60 Å². The normalized spacial score (nSPS) is 19.5. The van der Waals surface area contributed by atoms with E-state index in [1.165, 1.54) is 36.7 Å². The molecule has 1 saturated carbocycles. The Labute approximate surface area is 197 Å². The Kier molecular flexibility index (Phi) is 6.40. The maximum atomic E-state index is 14.8. The van der Waals surface area contributed by atoms with Crippen LogP contribution in [0.25, 0.3) is 21.8 Å². The molecule has 0 bridgehead atoms. The smallest absolute Gasteiger partial charge is 0.223 e. The van der Waals surface area contributed by atoms with Crippen LogP contribution >= 0.6 is 11.3 Å². The second-order valence-electron chi connectivity index (χ2n) is 9.26. The highest BCUT2D eigenvalue weighted by atomic mass is 32.1. The van der Waals surface area contributed by atoms with E-state index in [4.69, 9.17) is 9.97 Å². The molecule has 0 radical (unpaired) electrons. The third kappa shape index (κ3) is 4.78. The monoisotopic (exact) mass is 467 g/mol. The molecule has 33 heavy (non-hydrogen) atoms. The van der Waals surface area contributed by atoms with Gasteiger partial charge in [-0.1, -0.05) is 31.4 Å². The van der Waals surface area contributed by atoms with Crippen LogP contribution in [0.3, 0.4) is 0 Å². The molecule has 3 aromatic rings. The molecule has 1 aliphatic carbocycles. The third-order valence-corrected chi connectivity index (χ3v) is 8.07. The van der Waals surface area contributed by atoms with Crippen LogP contribution < -0.4 is 5.32 Å². The van der Waals surface area contributed by atoms with Crippen molar-refractivity contribution in [2.24, 2.45) is 0 Å². The Morgan fingerprint density at radius 2 is 1.85 bits per heavy atom. The summed E-state index contributed by atoms with van der Waals surface area (Å²) in [5, 5.41) is 15.5. The summed E-state index contributed by atoms with van der Waals surface area (Å²) >= 11 is 1.41. The maximum Gasteiger partial charge on any atom is 0.223 e. The van der Waals surface area contributed by atoms with Gasteiger partial charge in [-0.3, -0.25) is 0 Å². The first-order valence-corrected chi connectivity index (χ1v) is 12.6. The molecular formula is C25H30FN5OS. The van der Waals surface area contributed by atoms with E-state index in [9.17, 15) is 9.50 Å². The van der Waals surface area contributed by atoms with Gasteiger partial charge in [-0.2, -0.15) is 0 Å². The molecule has 0 atom stereocenters. The number of aliphatic hydroxyl groups is 1. The summed E-state index contributed by atoms with van der Waals surface area (Å²) in [5.41, 5.74) is 0.641. The van der Waals surface area contributed by atoms with Crippen molar-refractivity contribution in [2.75, 3.05) is 25.5 Å². The van der Waals surface area contributed by atoms with Gasteiger partial charge in [0.2, 0.25) is 5.95 Å². The second kappa shape index (κ2) is 9.44. The van der Waals surface area contributed by atoms with Crippen LogP contribution in [0.4, 0.5) is 10.3 Å². The van der Waals surface area contributed by atoms with E-state index >= 15 is 0 Å². The fraction of sp³-hybridized carbons (Fsp3) is 0.480. The first-order chi connectivity index (χ1) is 16.0. The zero-order valence-electron chi connectivity index (χ0n) is 18.9. The fourth-order valence-electron chi connectivity index (χ4n) is 4.72. The predicted molar refractivity (Wildman–Crippen MR) is 130 cm³/mol. The average Bonchev–Trinajstić information content (AvgIpc) is 3.28. The van der Waals surface area contributed by atoms with Crippen LogP contribution in [-0.2, 0) is 5.60 Å². The van der Waals surface area contributed by atoms with E-state index in [0.29, 0.717) is 46.8 Å². The molecule has 3 heterocycles. The number of benzene rings is 1. The number of aromatic nitrogens is 3. The molecule has 0 amide bonds. The van der Waals surface area contributed by atoms with Crippen molar-refractivity contribution in [1.82, 2.24) is 19.9 Å². The third-order valence-electron chi connectivity index (χ3n) is 6.80. The number of nitrogens with zero attached hydrogens (tertiary/aromatic N) is 4. The largest absolute Gasteiger partial charge is 0.383 e. The summed E-state index contributed by atoms with van der Waals surface area (Å²) in [6.45, 7) is 1.59. The summed E-state index contributed by atoms with van der Waals surface area (Å²) in [4.78, 5) is 17.0. The Morgan fingerprint density at radius 1 is 1.09 bits per heavy atom. The van der Waals surface area contributed by atoms with E-state index in [1.807, 2.05) is 12.1 Å². The molecule has 2 aromatic heterocycles. The lowest BCUT2D eigenvalue weighted by Gasteiger charge is -2.34. The van der Waals surface area contributed by atoms with Gasteiger partial charge in [-0.15, -0.1) is 11.3 Å². The minimum Gasteiger partial charge on any atom is -0.383 e. The van der Waals surface area contributed by atoms with Gasteiger partial charge in [0, 0.05) is 30.9 Å². The highest BCUT2D eigenvalue weighted by molar-refractivity contribution is 7.15. The molecular weight excluding hydrogens is 437 g/mol. The van der Waals surface area contributed by atoms with Gasteiger partial charge in [-0.25, -0.2) is 19.3 Å². The van der Waals surface area contributed by atoms with E-state index in [1.54, 1.807) is 18.3 Å². The zero-order valence-corrected chi connectivity index (χ0v) is 19.7. The molecule has 174 valence electrons. The number of piperidine rings is 1. The minimum atomic E-state index is -1.01. The second-order valence-corrected chi connectivity index (χ2v) is 10.3. The topological polar surface area (TPSA) is 74.2 Å². The molecule has 0 spiro atoms. The summed E-state index contributed by atoms with van der Waals surface area (Å²) in [7, 11) is 2.05. The zero-order chi connectivity index (χ0) is 22.8. The number of anilines is 1. The average molecular weight is 468 g/mol. The molecule has 1 aromatic carbocycles. The Bertz CT molecular complexity index is 1110. The number of halogens is 1. The quantitative estimate of drug-likeness (QED) is 0.546. The molecule has 1 aliphatic heterocycles. The molecule has 8 heteroatoms. The lowest BCUT2D eigenvalue weighted by molar-refractivity contribution is -0.0203. The lowest BCUT2D eigenvalue weighted by Crippen LogP contribution is -2.40. The van der Waals surface area contributed by atoms with Crippen LogP contribution in [0.2, 0.25) is 0 Å². The van der Waals surface area contributed by atoms with E-state index in [-0.39, 0.29) is 5.82 Å². The van der Waals surface area contributed by atoms with E-state index in [0.717, 1.165) is 30.8 Å². The molecule has 2 N–H and O–H groups in total. The van der Waals surface area contributed by atoms with Gasteiger partial charge in [0.15, 0.2) is 0 Å². The first-order valence-electron chi connectivity index (χ1n) is 11.8. The number of likely N-dealkylation sites (tertiary alicyclic amines) is 1. The molecule has 2 aliphatic rings. The number of hydrogen-bond donors (Lipinski definition) is 2. The van der Waals surface area contributed by atoms with Crippen molar-refractivity contribution in [3.05, 3.63) is 47.4 Å². The number of rotatable bonds is 5. The van der Waals surface area contributed by atoms with Gasteiger partial charge in [0.05, 0.1) is 16.3 Å². The van der Waals surface area contributed by atoms with Crippen LogP contribution in [0, 0.1) is 5.82 Å². The Morgan fingerprint density at radius 3 is 2.61 bits per heavy atom. The molecule has 5 rings (SSSR count). The van der Waals surface area contributed by atoms with Crippen LogP contribution in [-0.4, -0.2) is 51.1 Å². The van der Waals surface area contributed by atoms with Gasteiger partial charge in [0.1, 0.15) is 16.4 Å². The van der Waals surface area contributed by atoms with Gasteiger partial charge in [0.25, 0.3) is 0 Å². The summed E-state index contributed by atoms with van der Waals surface area (Å²) < 4.78 is 14.8. The number of thiazole rings is 1. The summed E-state index contributed by atoms with van der Waals surface area (Å²) in [6, 6.07) is 8.88. The van der Waals surface area contributed by atoms with Crippen molar-refractivity contribution in [3.63, 3.8) is 0 Å². The van der Waals surface area contributed by atoms with Crippen molar-refractivity contribution in [1.29, 1.82) is 0 Å². The Hall–Kier alpha value is -2.42. The minimum absolute atomic E-state index is 0.333. The van der Waals surface area contributed by atoms with Crippen molar-refractivity contribution < 1.29 is 9.50 Å². The molecule has 2 fully saturated rings. The van der Waals surface area contributed by atoms with Crippen LogP contribution in [0.1, 0.15) is 50.0 Å². The number of hydrogen-bond acceptors (Lipinski definition) is 7. The SMILES string of the molecule is CN1CCC(O)(c2nc(-c3ccccc3F)c(-c3ccnc(NC4CCCCC4)n3)s2)CC1. The van der Waals surface area contributed by atoms with Crippen LogP contribution in [0.15, 0.2) is 36.5 Å². The van der Waals surface area contributed by atoms with E-state index in [2.05, 4.69) is 22.2 Å². The standard InChI is InChI=1S/C25H30FN5OS/c1-31-15-12-25(32,13-16-31)23-30-21(18-9-5-6-10-19(18)26)22(33-23)20-11-14-27-24(29-20)28-17-7-3-2-4-8-17/h5-6,9-11,14,17,32H,2-4,7-8,12-13,15-16H2,1H3,(H,27,28,29). The molecule has 0 unspecified atom stereocenters. The number of nitrogens with one attached hydrogen (secondary N) is 1. The maximum absolute atomic E-state index is 14.8. The van der Waals surface area contributed by atoms with Crippen molar-refractivity contribution in [2.45, 2.75) is 56.6 Å². The molecule has 1 saturated heterocycles. The predicted octanol–water partition coefficient (Wildman–Crippen LogP) is 5.06. The highest BCUT2D eigenvalue weighted by Gasteiger charge is 2.37. The van der Waals surface area contributed by atoms with Crippen molar-refractivity contribution in [3.8, 4) is 21.8 Å². The highest BCUT2D eigenvalue weighted by Crippen LogP contribution is 2.43. The molecule has 6 nitrogen and oxygen atoms in total. The fourth-order valence-corrected chi connectivity index (χ4v) is 5.91. The lowest BCUT2D eigenvalue weighted by atomic mass is 9.92.